The standard InChI is InChI=1S/C47H31NO/c1-3-14-34(15-4-1)47(43-23-10-7-20-39(43)40-21-8-11-24-44(40)47)35-16-13-19-37(31-35)48(36-17-5-2-6-18-36)38-27-26-32-29-42-41-22-9-12-25-45(41)49-46(42)30-33(32)28-38/h1-31H. The van der Waals surface area contributed by atoms with Gasteiger partial charge in [-0.3, -0.25) is 0 Å². The van der Waals surface area contributed by atoms with E-state index in [1.165, 1.54) is 38.8 Å². The third-order valence-electron chi connectivity index (χ3n) is 10.3. The van der Waals surface area contributed by atoms with E-state index < -0.39 is 5.41 Å². The zero-order valence-corrected chi connectivity index (χ0v) is 26.8. The lowest BCUT2D eigenvalue weighted by Crippen LogP contribution is -2.28. The highest BCUT2D eigenvalue weighted by Crippen LogP contribution is 2.56. The van der Waals surface area contributed by atoms with E-state index in [9.17, 15) is 0 Å². The van der Waals surface area contributed by atoms with Crippen molar-refractivity contribution in [1.29, 1.82) is 0 Å². The lowest BCUT2D eigenvalue weighted by Gasteiger charge is -2.35. The van der Waals surface area contributed by atoms with Crippen LogP contribution in [-0.4, -0.2) is 0 Å². The highest BCUT2D eigenvalue weighted by molar-refractivity contribution is 6.10. The predicted molar refractivity (Wildman–Crippen MR) is 203 cm³/mol. The van der Waals surface area contributed by atoms with E-state index in [2.05, 4.69) is 181 Å². The molecule has 1 aliphatic rings. The smallest absolute Gasteiger partial charge is 0.136 e. The quantitative estimate of drug-likeness (QED) is 0.189. The molecule has 1 aromatic heterocycles. The fourth-order valence-electron chi connectivity index (χ4n) is 8.21. The first-order valence-electron chi connectivity index (χ1n) is 16.8. The highest BCUT2D eigenvalue weighted by atomic mass is 16.3. The van der Waals surface area contributed by atoms with Gasteiger partial charge in [-0.15, -0.1) is 0 Å². The molecule has 0 spiro atoms. The van der Waals surface area contributed by atoms with Gasteiger partial charge in [0, 0.05) is 27.8 Å². The Morgan fingerprint density at radius 1 is 0.367 bits per heavy atom. The summed E-state index contributed by atoms with van der Waals surface area (Å²) in [7, 11) is 0. The van der Waals surface area contributed by atoms with Crippen LogP contribution in [0.5, 0.6) is 0 Å². The Kier molecular flexibility index (Phi) is 6.13. The van der Waals surface area contributed by atoms with E-state index in [0.717, 1.165) is 44.4 Å². The molecular formula is C47H31NO. The van der Waals surface area contributed by atoms with Crippen LogP contribution in [-0.2, 0) is 5.41 Å². The molecule has 1 heterocycles. The minimum Gasteiger partial charge on any atom is -0.456 e. The first-order valence-corrected chi connectivity index (χ1v) is 16.8. The summed E-state index contributed by atoms with van der Waals surface area (Å²) in [6.07, 6.45) is 0. The van der Waals surface area contributed by atoms with Crippen LogP contribution < -0.4 is 4.90 Å². The van der Waals surface area contributed by atoms with Crippen molar-refractivity contribution in [2.45, 2.75) is 5.41 Å². The minimum atomic E-state index is -0.469. The van der Waals surface area contributed by atoms with Crippen molar-refractivity contribution in [3.8, 4) is 11.1 Å². The molecule has 8 aromatic carbocycles. The van der Waals surface area contributed by atoms with Crippen LogP contribution in [0.2, 0.25) is 0 Å². The summed E-state index contributed by atoms with van der Waals surface area (Å²) in [4.78, 5) is 2.37. The maximum Gasteiger partial charge on any atom is 0.136 e. The van der Waals surface area contributed by atoms with E-state index in [-0.39, 0.29) is 0 Å². The molecule has 0 bridgehead atoms. The monoisotopic (exact) mass is 625 g/mol. The maximum absolute atomic E-state index is 6.30. The molecule has 0 atom stereocenters. The molecule has 49 heavy (non-hydrogen) atoms. The van der Waals surface area contributed by atoms with Crippen molar-refractivity contribution < 1.29 is 4.42 Å². The van der Waals surface area contributed by atoms with E-state index in [1.54, 1.807) is 0 Å². The molecule has 0 N–H and O–H groups in total. The van der Waals surface area contributed by atoms with Gasteiger partial charge in [0.25, 0.3) is 0 Å². The Balaban J connectivity index is 1.20. The third kappa shape index (κ3) is 4.14. The summed E-state index contributed by atoms with van der Waals surface area (Å²) in [6.45, 7) is 0. The number of hydrogen-bond acceptors (Lipinski definition) is 2. The number of hydrogen-bond donors (Lipinski definition) is 0. The largest absolute Gasteiger partial charge is 0.456 e. The van der Waals surface area contributed by atoms with Gasteiger partial charge in [-0.2, -0.15) is 0 Å². The van der Waals surface area contributed by atoms with Crippen molar-refractivity contribution in [1.82, 2.24) is 0 Å². The number of fused-ring (bicyclic) bond motifs is 7. The fraction of sp³-hybridized carbons (Fsp3) is 0.0213. The molecule has 230 valence electrons. The van der Waals surface area contributed by atoms with Gasteiger partial charge in [-0.05, 0) is 98.8 Å². The summed E-state index contributed by atoms with van der Waals surface area (Å²) in [5, 5.41) is 4.62. The summed E-state index contributed by atoms with van der Waals surface area (Å²) in [5.41, 5.74) is 12.3. The van der Waals surface area contributed by atoms with E-state index in [1.807, 2.05) is 12.1 Å². The molecule has 1 aliphatic carbocycles. The van der Waals surface area contributed by atoms with Crippen molar-refractivity contribution in [3.63, 3.8) is 0 Å². The number of furan rings is 1. The van der Waals surface area contributed by atoms with Gasteiger partial charge in [0.05, 0.1) is 5.41 Å². The Morgan fingerprint density at radius 3 is 1.76 bits per heavy atom. The SMILES string of the molecule is c1ccc(N(c2cccc(C3(c4ccccc4)c4ccccc4-c4ccccc43)c2)c2ccc3cc4c(cc3c2)oc2ccccc24)cc1. The van der Waals surface area contributed by atoms with Crippen LogP contribution in [0.4, 0.5) is 17.1 Å². The van der Waals surface area contributed by atoms with Crippen molar-refractivity contribution in [3.05, 3.63) is 210 Å². The van der Waals surface area contributed by atoms with Gasteiger partial charge in [0.1, 0.15) is 11.2 Å². The van der Waals surface area contributed by atoms with Crippen molar-refractivity contribution in [2.24, 2.45) is 0 Å². The number of para-hydroxylation sites is 2. The topological polar surface area (TPSA) is 16.4 Å². The molecule has 0 saturated heterocycles. The van der Waals surface area contributed by atoms with Gasteiger partial charge in [-0.1, -0.05) is 133 Å². The van der Waals surface area contributed by atoms with Crippen LogP contribution in [0.15, 0.2) is 192 Å². The molecule has 0 aliphatic heterocycles. The number of nitrogens with zero attached hydrogens (tertiary/aromatic N) is 1. The lowest BCUT2D eigenvalue weighted by molar-refractivity contribution is 0.669. The summed E-state index contributed by atoms with van der Waals surface area (Å²) in [6, 6.07) is 68.1. The molecule has 0 radical (unpaired) electrons. The second-order valence-corrected chi connectivity index (χ2v) is 12.9. The van der Waals surface area contributed by atoms with Gasteiger partial charge >= 0.3 is 0 Å². The highest BCUT2D eigenvalue weighted by Gasteiger charge is 2.46. The minimum absolute atomic E-state index is 0.469. The first kappa shape index (κ1) is 27.7. The second kappa shape index (κ2) is 10.8. The Hall–Kier alpha value is -6.38. The lowest BCUT2D eigenvalue weighted by atomic mass is 9.67. The molecule has 9 aromatic rings. The average Bonchev–Trinajstić information content (AvgIpc) is 3.68. The van der Waals surface area contributed by atoms with Crippen LogP contribution in [0.3, 0.4) is 0 Å². The first-order chi connectivity index (χ1) is 24.3. The molecule has 0 fully saturated rings. The number of rotatable bonds is 5. The summed E-state index contributed by atoms with van der Waals surface area (Å²) < 4.78 is 6.30. The van der Waals surface area contributed by atoms with Crippen LogP contribution in [0.25, 0.3) is 43.8 Å². The van der Waals surface area contributed by atoms with Crippen LogP contribution >= 0.6 is 0 Å². The van der Waals surface area contributed by atoms with Gasteiger partial charge < -0.3 is 9.32 Å². The number of anilines is 3. The molecular weight excluding hydrogens is 595 g/mol. The molecule has 0 amide bonds. The summed E-state index contributed by atoms with van der Waals surface area (Å²) >= 11 is 0. The van der Waals surface area contributed by atoms with E-state index >= 15 is 0 Å². The van der Waals surface area contributed by atoms with E-state index in [4.69, 9.17) is 4.42 Å². The molecule has 2 heteroatoms. The van der Waals surface area contributed by atoms with Gasteiger partial charge in [0.2, 0.25) is 0 Å². The van der Waals surface area contributed by atoms with Gasteiger partial charge in [-0.25, -0.2) is 0 Å². The maximum atomic E-state index is 6.30. The molecule has 0 saturated carbocycles. The number of benzene rings is 8. The van der Waals surface area contributed by atoms with Gasteiger partial charge in [0.15, 0.2) is 0 Å². The molecule has 2 nitrogen and oxygen atoms in total. The normalized spacial score (nSPS) is 13.1. The van der Waals surface area contributed by atoms with Crippen molar-refractivity contribution in [2.75, 3.05) is 4.90 Å². The Morgan fingerprint density at radius 2 is 0.980 bits per heavy atom. The average molecular weight is 626 g/mol. The molecule has 0 unspecified atom stereocenters. The van der Waals surface area contributed by atoms with Crippen LogP contribution in [0, 0.1) is 0 Å². The molecule has 10 rings (SSSR count). The van der Waals surface area contributed by atoms with Crippen molar-refractivity contribution >= 4 is 49.8 Å². The van der Waals surface area contributed by atoms with E-state index in [0.29, 0.717) is 0 Å². The zero-order chi connectivity index (χ0) is 32.4. The van der Waals surface area contributed by atoms with Crippen LogP contribution in [0.1, 0.15) is 22.3 Å². The Bertz CT molecular complexity index is 2630. The third-order valence-corrected chi connectivity index (χ3v) is 10.3. The summed E-state index contributed by atoms with van der Waals surface area (Å²) in [5.74, 6) is 0. The second-order valence-electron chi connectivity index (χ2n) is 12.9. The fourth-order valence-corrected chi connectivity index (χ4v) is 8.21. The zero-order valence-electron chi connectivity index (χ0n) is 26.8. The predicted octanol–water partition coefficient (Wildman–Crippen LogP) is 12.6. The Labute approximate surface area is 285 Å².